The van der Waals surface area contributed by atoms with Crippen molar-refractivity contribution in [3.8, 4) is 0 Å². The molecule has 1 aromatic rings. The molecule has 6 heteroatoms. The molecular weight excluding hydrogens is 282 g/mol. The Kier molecular flexibility index (Phi) is 5.36. The third-order valence-electron chi connectivity index (χ3n) is 3.08. The second kappa shape index (κ2) is 7.03. The highest BCUT2D eigenvalue weighted by atomic mass is 35.5. The van der Waals surface area contributed by atoms with E-state index in [1.54, 1.807) is 18.2 Å². The minimum atomic E-state index is -0.161. The van der Waals surface area contributed by atoms with E-state index in [9.17, 15) is 4.79 Å². The van der Waals surface area contributed by atoms with Gasteiger partial charge in [0.2, 0.25) is 0 Å². The number of halogens is 1. The summed E-state index contributed by atoms with van der Waals surface area (Å²) in [4.78, 5) is 14.3. The lowest BCUT2D eigenvalue weighted by atomic mass is 10.1. The number of carbonyl (C=O) groups is 1. The molecule has 1 aliphatic heterocycles. The van der Waals surface area contributed by atoms with Gasteiger partial charge in [0, 0.05) is 48.4 Å². The first-order valence-electron chi connectivity index (χ1n) is 6.30. The van der Waals surface area contributed by atoms with Crippen LogP contribution in [0.5, 0.6) is 0 Å². The maximum absolute atomic E-state index is 12.0. The molecule has 1 saturated heterocycles. The fourth-order valence-corrected chi connectivity index (χ4v) is 3.12. The molecule has 0 unspecified atom stereocenters. The van der Waals surface area contributed by atoms with Gasteiger partial charge in [0.1, 0.15) is 0 Å². The van der Waals surface area contributed by atoms with Gasteiger partial charge >= 0.3 is 0 Å². The summed E-state index contributed by atoms with van der Waals surface area (Å²) in [6.07, 6.45) is 0. The summed E-state index contributed by atoms with van der Waals surface area (Å²) in [5.74, 6) is 2.19. The number of benzene rings is 1. The molecule has 1 amide bonds. The second-order valence-electron chi connectivity index (χ2n) is 4.44. The van der Waals surface area contributed by atoms with Gasteiger partial charge in [-0.05, 0) is 18.2 Å². The van der Waals surface area contributed by atoms with Crippen LogP contribution in [0.3, 0.4) is 0 Å². The molecule has 0 spiro atoms. The van der Waals surface area contributed by atoms with E-state index in [0.29, 0.717) is 22.8 Å². The molecule has 0 atom stereocenters. The molecule has 0 radical (unpaired) electrons. The monoisotopic (exact) mass is 299 g/mol. The molecule has 0 aromatic heterocycles. The average molecular weight is 300 g/mol. The summed E-state index contributed by atoms with van der Waals surface area (Å²) in [5, 5.41) is 3.41. The van der Waals surface area contributed by atoms with Crippen molar-refractivity contribution in [2.45, 2.75) is 0 Å². The first kappa shape index (κ1) is 14.5. The van der Waals surface area contributed by atoms with Crippen LogP contribution in [0.4, 0.5) is 5.69 Å². The van der Waals surface area contributed by atoms with Crippen LogP contribution in [0.2, 0.25) is 5.02 Å². The highest BCUT2D eigenvalue weighted by Gasteiger charge is 2.12. The molecule has 0 bridgehead atoms. The van der Waals surface area contributed by atoms with Crippen molar-refractivity contribution in [1.82, 2.24) is 10.2 Å². The van der Waals surface area contributed by atoms with Crippen molar-refractivity contribution >= 4 is 35.0 Å². The molecule has 1 aromatic carbocycles. The summed E-state index contributed by atoms with van der Waals surface area (Å²) >= 11 is 7.85. The van der Waals surface area contributed by atoms with Gasteiger partial charge in [0.25, 0.3) is 5.91 Å². The van der Waals surface area contributed by atoms with Crippen LogP contribution in [0.1, 0.15) is 10.4 Å². The van der Waals surface area contributed by atoms with Crippen molar-refractivity contribution in [2.24, 2.45) is 0 Å². The van der Waals surface area contributed by atoms with Crippen LogP contribution < -0.4 is 11.1 Å². The number of nitrogens with zero attached hydrogens (tertiary/aromatic N) is 1. The minimum absolute atomic E-state index is 0.161. The van der Waals surface area contributed by atoms with E-state index in [1.807, 2.05) is 11.8 Å². The Labute approximate surface area is 122 Å². The molecular formula is C13H18ClN3OS. The number of amides is 1. The van der Waals surface area contributed by atoms with Gasteiger partial charge in [-0.3, -0.25) is 9.69 Å². The van der Waals surface area contributed by atoms with E-state index < -0.39 is 0 Å². The molecule has 1 aliphatic rings. The fourth-order valence-electron chi connectivity index (χ4n) is 1.97. The predicted octanol–water partition coefficient (Wildman–Crippen LogP) is 1.70. The smallest absolute Gasteiger partial charge is 0.253 e. The Morgan fingerprint density at radius 3 is 2.89 bits per heavy atom. The Hall–Kier alpha value is -0.910. The molecule has 3 N–H and O–H groups in total. The molecule has 1 fully saturated rings. The first-order chi connectivity index (χ1) is 9.16. The van der Waals surface area contributed by atoms with Crippen molar-refractivity contribution in [1.29, 1.82) is 0 Å². The quantitative estimate of drug-likeness (QED) is 0.831. The zero-order valence-electron chi connectivity index (χ0n) is 10.7. The van der Waals surface area contributed by atoms with E-state index in [0.717, 1.165) is 19.6 Å². The Bertz CT molecular complexity index is 450. The van der Waals surface area contributed by atoms with Crippen molar-refractivity contribution in [3.05, 3.63) is 28.8 Å². The van der Waals surface area contributed by atoms with Gasteiger partial charge in [0.15, 0.2) is 0 Å². The van der Waals surface area contributed by atoms with Crippen LogP contribution in [-0.2, 0) is 0 Å². The molecule has 0 aliphatic carbocycles. The Balaban J connectivity index is 1.82. The molecule has 2 rings (SSSR count). The second-order valence-corrected chi connectivity index (χ2v) is 6.10. The van der Waals surface area contributed by atoms with Crippen molar-refractivity contribution < 1.29 is 4.79 Å². The number of anilines is 1. The van der Waals surface area contributed by atoms with Crippen LogP contribution in [0.15, 0.2) is 18.2 Å². The highest BCUT2D eigenvalue weighted by Crippen LogP contribution is 2.17. The predicted molar refractivity (Wildman–Crippen MR) is 82.0 cm³/mol. The number of nitrogens with one attached hydrogen (secondary N) is 1. The van der Waals surface area contributed by atoms with Gasteiger partial charge < -0.3 is 11.1 Å². The molecule has 104 valence electrons. The van der Waals surface area contributed by atoms with Crippen molar-refractivity contribution in [3.63, 3.8) is 0 Å². The molecule has 1 heterocycles. The lowest BCUT2D eigenvalue weighted by molar-refractivity contribution is 0.0950. The largest absolute Gasteiger partial charge is 0.398 e. The van der Waals surface area contributed by atoms with Gasteiger partial charge in [-0.2, -0.15) is 11.8 Å². The standard InChI is InChI=1S/C13H18ClN3OS/c14-10-1-2-12(15)11(9-10)13(18)16-3-4-17-5-7-19-8-6-17/h1-2,9H,3-8,15H2,(H,16,18). The lowest BCUT2D eigenvalue weighted by Gasteiger charge is -2.26. The summed E-state index contributed by atoms with van der Waals surface area (Å²) < 4.78 is 0. The highest BCUT2D eigenvalue weighted by molar-refractivity contribution is 7.99. The number of nitrogen functional groups attached to an aromatic ring is 1. The maximum Gasteiger partial charge on any atom is 0.253 e. The summed E-state index contributed by atoms with van der Waals surface area (Å²) in [7, 11) is 0. The fraction of sp³-hybridized carbons (Fsp3) is 0.462. The molecule has 4 nitrogen and oxygen atoms in total. The Morgan fingerprint density at radius 2 is 2.16 bits per heavy atom. The maximum atomic E-state index is 12.0. The number of nitrogens with two attached hydrogens (primary N) is 1. The SMILES string of the molecule is Nc1ccc(Cl)cc1C(=O)NCCN1CCSCC1. The summed E-state index contributed by atoms with van der Waals surface area (Å²) in [6, 6.07) is 4.93. The number of carbonyl (C=O) groups excluding carboxylic acids is 1. The van der Waals surface area contributed by atoms with E-state index in [-0.39, 0.29) is 5.91 Å². The Morgan fingerprint density at radius 1 is 1.42 bits per heavy atom. The normalized spacial score (nSPS) is 16.3. The zero-order chi connectivity index (χ0) is 13.7. The van der Waals surface area contributed by atoms with E-state index in [4.69, 9.17) is 17.3 Å². The summed E-state index contributed by atoms with van der Waals surface area (Å²) in [6.45, 7) is 3.71. The van der Waals surface area contributed by atoms with Crippen LogP contribution in [-0.4, -0.2) is 48.5 Å². The molecule has 19 heavy (non-hydrogen) atoms. The number of rotatable bonds is 4. The number of hydrogen-bond donors (Lipinski definition) is 2. The van der Waals surface area contributed by atoms with Crippen LogP contribution in [0, 0.1) is 0 Å². The topological polar surface area (TPSA) is 58.4 Å². The van der Waals surface area contributed by atoms with E-state index >= 15 is 0 Å². The first-order valence-corrected chi connectivity index (χ1v) is 7.83. The van der Waals surface area contributed by atoms with Gasteiger partial charge in [-0.1, -0.05) is 11.6 Å². The minimum Gasteiger partial charge on any atom is -0.398 e. The van der Waals surface area contributed by atoms with E-state index in [2.05, 4.69) is 10.2 Å². The van der Waals surface area contributed by atoms with Crippen molar-refractivity contribution in [2.75, 3.05) is 43.4 Å². The third kappa shape index (κ3) is 4.30. The molecule has 0 saturated carbocycles. The third-order valence-corrected chi connectivity index (χ3v) is 4.25. The van der Waals surface area contributed by atoms with Crippen LogP contribution in [0.25, 0.3) is 0 Å². The van der Waals surface area contributed by atoms with E-state index in [1.165, 1.54) is 11.5 Å². The lowest BCUT2D eigenvalue weighted by Crippen LogP contribution is -2.39. The van der Waals surface area contributed by atoms with Gasteiger partial charge in [-0.15, -0.1) is 0 Å². The number of thioether (sulfide) groups is 1. The zero-order valence-corrected chi connectivity index (χ0v) is 12.3. The average Bonchev–Trinajstić information content (AvgIpc) is 2.42. The summed E-state index contributed by atoms with van der Waals surface area (Å²) in [5.41, 5.74) is 6.67. The number of hydrogen-bond acceptors (Lipinski definition) is 4. The van der Waals surface area contributed by atoms with Crippen LogP contribution >= 0.6 is 23.4 Å². The van der Waals surface area contributed by atoms with Gasteiger partial charge in [0.05, 0.1) is 5.56 Å². The van der Waals surface area contributed by atoms with Gasteiger partial charge in [-0.25, -0.2) is 0 Å².